The van der Waals surface area contributed by atoms with Crippen LogP contribution in [0.1, 0.15) is 29.4 Å². The Bertz CT molecular complexity index is 739. The Morgan fingerprint density at radius 3 is 2.71 bits per heavy atom. The van der Waals surface area contributed by atoms with Crippen molar-refractivity contribution in [2.24, 2.45) is 0 Å². The van der Waals surface area contributed by atoms with Gasteiger partial charge in [-0.25, -0.2) is 4.68 Å². The Morgan fingerprint density at radius 1 is 1.33 bits per heavy atom. The number of aliphatic carboxylic acids is 1. The molecule has 1 amide bonds. The molecule has 0 spiro atoms. The lowest BCUT2D eigenvalue weighted by atomic mass is 10.2. The van der Waals surface area contributed by atoms with Crippen LogP contribution in [0.15, 0.2) is 30.5 Å². The van der Waals surface area contributed by atoms with Crippen molar-refractivity contribution >= 4 is 11.9 Å². The van der Waals surface area contributed by atoms with Gasteiger partial charge < -0.3 is 14.7 Å². The fourth-order valence-corrected chi connectivity index (χ4v) is 2.35. The molecule has 0 saturated carbocycles. The third-order valence-corrected chi connectivity index (χ3v) is 3.65. The number of hydrogen-bond acceptors (Lipinski definition) is 4. The molecule has 0 atom stereocenters. The van der Waals surface area contributed by atoms with Crippen LogP contribution in [0.3, 0.4) is 0 Å². The number of ether oxygens (including phenoxy) is 1. The minimum Gasteiger partial charge on any atom is -0.494 e. The number of benzene rings is 1. The number of aryl methyl sites for hydroxylation is 1. The van der Waals surface area contributed by atoms with Gasteiger partial charge in [-0.05, 0) is 37.6 Å². The summed E-state index contributed by atoms with van der Waals surface area (Å²) in [7, 11) is 1.58. The lowest BCUT2D eigenvalue weighted by Crippen LogP contribution is -2.33. The predicted molar refractivity (Wildman–Crippen MR) is 88.7 cm³/mol. The Balaban J connectivity index is 2.25. The zero-order valence-electron chi connectivity index (χ0n) is 14.0. The lowest BCUT2D eigenvalue weighted by Gasteiger charge is -2.18. The van der Waals surface area contributed by atoms with Crippen molar-refractivity contribution in [1.29, 1.82) is 0 Å². The SMILES string of the molecule is CCN(CCC(=O)O)C(=O)c1ccn(-c2cc(C)ccc2OC)n1. The average Bonchev–Trinajstić information content (AvgIpc) is 3.04. The number of carbonyl (C=O) groups excluding carboxylic acids is 1. The van der Waals surface area contributed by atoms with E-state index >= 15 is 0 Å². The van der Waals surface area contributed by atoms with Gasteiger partial charge >= 0.3 is 5.97 Å². The molecule has 7 nitrogen and oxygen atoms in total. The molecule has 0 unspecified atom stereocenters. The number of rotatable bonds is 7. The predicted octanol–water partition coefficient (Wildman–Crippen LogP) is 2.13. The number of hydrogen-bond donors (Lipinski definition) is 1. The molecule has 0 saturated heterocycles. The summed E-state index contributed by atoms with van der Waals surface area (Å²) in [5.74, 6) is -0.568. The molecule has 7 heteroatoms. The van der Waals surface area contributed by atoms with Gasteiger partial charge in [0.15, 0.2) is 5.69 Å². The first-order chi connectivity index (χ1) is 11.5. The van der Waals surface area contributed by atoms with Crippen molar-refractivity contribution < 1.29 is 19.4 Å². The second-order valence-electron chi connectivity index (χ2n) is 5.35. The minimum absolute atomic E-state index is 0.0913. The van der Waals surface area contributed by atoms with Gasteiger partial charge in [0.05, 0.1) is 13.5 Å². The third-order valence-electron chi connectivity index (χ3n) is 3.65. The molecular weight excluding hydrogens is 310 g/mol. The van der Waals surface area contributed by atoms with Gasteiger partial charge in [0.25, 0.3) is 5.91 Å². The summed E-state index contributed by atoms with van der Waals surface area (Å²) in [6, 6.07) is 7.32. The maximum Gasteiger partial charge on any atom is 0.305 e. The number of aromatic nitrogens is 2. The standard InChI is InChI=1S/C17H21N3O4/c1-4-19(9-8-16(21)22)17(23)13-7-10-20(18-13)14-11-12(2)5-6-15(14)24-3/h5-7,10-11H,4,8-9H2,1-3H3,(H,21,22). The van der Waals surface area contributed by atoms with Crippen LogP contribution in [-0.2, 0) is 4.79 Å². The number of carbonyl (C=O) groups is 2. The van der Waals surface area contributed by atoms with Crippen molar-refractivity contribution in [2.45, 2.75) is 20.3 Å². The van der Waals surface area contributed by atoms with E-state index < -0.39 is 5.97 Å². The summed E-state index contributed by atoms with van der Waals surface area (Å²) in [5.41, 5.74) is 2.06. The van der Waals surface area contributed by atoms with Crippen LogP contribution in [0.5, 0.6) is 5.75 Å². The van der Waals surface area contributed by atoms with E-state index in [1.54, 1.807) is 31.0 Å². The van der Waals surface area contributed by atoms with E-state index in [0.717, 1.165) is 11.3 Å². The molecule has 1 heterocycles. The highest BCUT2D eigenvalue weighted by atomic mass is 16.5. The van der Waals surface area contributed by atoms with Crippen LogP contribution < -0.4 is 4.74 Å². The summed E-state index contributed by atoms with van der Waals surface area (Å²) in [6.07, 6.45) is 1.60. The molecule has 0 aliphatic heterocycles. The Morgan fingerprint density at radius 2 is 2.08 bits per heavy atom. The summed E-state index contributed by atoms with van der Waals surface area (Å²) in [6.45, 7) is 4.35. The number of carboxylic acid groups (broad SMARTS) is 1. The van der Waals surface area contributed by atoms with Crippen molar-refractivity contribution in [3.05, 3.63) is 41.7 Å². The minimum atomic E-state index is -0.934. The summed E-state index contributed by atoms with van der Waals surface area (Å²) >= 11 is 0. The fourth-order valence-electron chi connectivity index (χ4n) is 2.35. The highest BCUT2D eigenvalue weighted by Crippen LogP contribution is 2.23. The van der Waals surface area contributed by atoms with Gasteiger partial charge in [-0.1, -0.05) is 6.07 Å². The highest BCUT2D eigenvalue weighted by molar-refractivity contribution is 5.92. The van der Waals surface area contributed by atoms with Crippen LogP contribution >= 0.6 is 0 Å². The van der Waals surface area contributed by atoms with E-state index in [9.17, 15) is 9.59 Å². The molecule has 1 aromatic heterocycles. The average molecular weight is 331 g/mol. The van der Waals surface area contributed by atoms with Crippen molar-refractivity contribution in [1.82, 2.24) is 14.7 Å². The second kappa shape index (κ2) is 7.63. The molecule has 1 aromatic carbocycles. The first kappa shape index (κ1) is 17.5. The normalized spacial score (nSPS) is 10.5. The van der Waals surface area contributed by atoms with E-state index in [1.807, 2.05) is 25.1 Å². The van der Waals surface area contributed by atoms with Crippen LogP contribution in [0, 0.1) is 6.92 Å². The van der Waals surface area contributed by atoms with Crippen LogP contribution in [0.4, 0.5) is 0 Å². The number of carboxylic acids is 1. The molecule has 128 valence electrons. The second-order valence-corrected chi connectivity index (χ2v) is 5.35. The maximum atomic E-state index is 12.5. The molecule has 24 heavy (non-hydrogen) atoms. The van der Waals surface area contributed by atoms with E-state index in [1.165, 1.54) is 4.90 Å². The Hall–Kier alpha value is -2.83. The smallest absolute Gasteiger partial charge is 0.305 e. The van der Waals surface area contributed by atoms with Crippen LogP contribution in [-0.4, -0.2) is 51.9 Å². The summed E-state index contributed by atoms with van der Waals surface area (Å²) < 4.78 is 6.92. The molecule has 0 fully saturated rings. The zero-order chi connectivity index (χ0) is 17.7. The number of nitrogens with zero attached hydrogens (tertiary/aromatic N) is 3. The molecular formula is C17H21N3O4. The monoisotopic (exact) mass is 331 g/mol. The van der Waals surface area contributed by atoms with Gasteiger partial charge in [-0.3, -0.25) is 9.59 Å². The lowest BCUT2D eigenvalue weighted by molar-refractivity contribution is -0.137. The topological polar surface area (TPSA) is 84.7 Å². The first-order valence-corrected chi connectivity index (χ1v) is 7.68. The number of methoxy groups -OCH3 is 1. The first-order valence-electron chi connectivity index (χ1n) is 7.68. The third kappa shape index (κ3) is 3.92. The molecule has 0 bridgehead atoms. The molecule has 1 N–H and O–H groups in total. The molecule has 0 radical (unpaired) electrons. The van der Waals surface area contributed by atoms with Gasteiger partial charge in [0.1, 0.15) is 11.4 Å². The van der Waals surface area contributed by atoms with Gasteiger partial charge in [-0.15, -0.1) is 0 Å². The van der Waals surface area contributed by atoms with E-state index in [-0.39, 0.29) is 24.6 Å². The molecule has 2 aromatic rings. The summed E-state index contributed by atoms with van der Waals surface area (Å²) in [4.78, 5) is 24.6. The van der Waals surface area contributed by atoms with Crippen LogP contribution in [0.2, 0.25) is 0 Å². The fraction of sp³-hybridized carbons (Fsp3) is 0.353. The van der Waals surface area contributed by atoms with Crippen molar-refractivity contribution in [3.63, 3.8) is 0 Å². The molecule has 2 rings (SSSR count). The Kier molecular flexibility index (Phi) is 5.57. The van der Waals surface area contributed by atoms with Gasteiger partial charge in [0.2, 0.25) is 0 Å². The quantitative estimate of drug-likeness (QED) is 0.840. The maximum absolute atomic E-state index is 12.5. The summed E-state index contributed by atoms with van der Waals surface area (Å²) in [5, 5.41) is 13.1. The van der Waals surface area contributed by atoms with Gasteiger partial charge in [-0.2, -0.15) is 5.10 Å². The van der Waals surface area contributed by atoms with E-state index in [4.69, 9.17) is 9.84 Å². The van der Waals surface area contributed by atoms with E-state index in [2.05, 4.69) is 5.10 Å². The highest BCUT2D eigenvalue weighted by Gasteiger charge is 2.18. The molecule has 0 aliphatic rings. The van der Waals surface area contributed by atoms with Crippen molar-refractivity contribution in [3.8, 4) is 11.4 Å². The number of amides is 1. The Labute approximate surface area is 140 Å². The molecule has 0 aliphatic carbocycles. The van der Waals surface area contributed by atoms with Crippen molar-refractivity contribution in [2.75, 3.05) is 20.2 Å². The van der Waals surface area contributed by atoms with Gasteiger partial charge in [0, 0.05) is 19.3 Å². The zero-order valence-corrected chi connectivity index (χ0v) is 14.0. The largest absolute Gasteiger partial charge is 0.494 e. The van der Waals surface area contributed by atoms with E-state index in [0.29, 0.717) is 12.3 Å². The van der Waals surface area contributed by atoms with Crippen LogP contribution in [0.25, 0.3) is 5.69 Å².